The highest BCUT2D eigenvalue weighted by atomic mass is 16.6. The molecule has 0 aliphatic rings. The van der Waals surface area contributed by atoms with Crippen LogP contribution in [0.25, 0.3) is 0 Å². The van der Waals surface area contributed by atoms with Crippen molar-refractivity contribution < 1.29 is 14.3 Å². The van der Waals surface area contributed by atoms with Gasteiger partial charge in [0, 0.05) is 6.42 Å². The van der Waals surface area contributed by atoms with Crippen LogP contribution >= 0.6 is 0 Å². The molecule has 0 saturated carbocycles. The smallest absolute Gasteiger partial charge is 0.316 e. The fourth-order valence-corrected chi connectivity index (χ4v) is 3.02. The molecule has 0 aromatic heterocycles. The summed E-state index contributed by atoms with van der Waals surface area (Å²) in [6, 6.07) is 0. The van der Waals surface area contributed by atoms with Gasteiger partial charge in [-0.2, -0.15) is 0 Å². The second-order valence-corrected chi connectivity index (χ2v) is 7.00. The van der Waals surface area contributed by atoms with Crippen LogP contribution < -0.4 is 0 Å². The second-order valence-electron chi connectivity index (χ2n) is 7.00. The van der Waals surface area contributed by atoms with Gasteiger partial charge in [0.25, 0.3) is 0 Å². The first-order valence-electron chi connectivity index (χ1n) is 10.4. The maximum absolute atomic E-state index is 12.2. The number of unbranched alkanes of at least 4 members (excludes halogenated alkanes) is 9. The molecule has 0 aliphatic heterocycles. The highest BCUT2D eigenvalue weighted by Gasteiger charge is 2.21. The van der Waals surface area contributed by atoms with E-state index in [0.29, 0.717) is 6.42 Å². The number of hydrogen-bond donors (Lipinski definition) is 0. The molecule has 0 heterocycles. The Balaban J connectivity index is 3.92. The highest BCUT2D eigenvalue weighted by molar-refractivity contribution is 5.86. The van der Waals surface area contributed by atoms with E-state index in [1.807, 2.05) is 0 Å². The number of hydrogen-bond acceptors (Lipinski definition) is 3. The SMILES string of the molecule is CCCCCCCCC(=O)OC(=O)C(CCC)CCCCCCC. The van der Waals surface area contributed by atoms with E-state index in [1.165, 1.54) is 51.4 Å². The lowest BCUT2D eigenvalue weighted by molar-refractivity contribution is -0.163. The van der Waals surface area contributed by atoms with Crippen molar-refractivity contribution in [2.45, 2.75) is 117 Å². The summed E-state index contributed by atoms with van der Waals surface area (Å²) in [4.78, 5) is 24.0. The summed E-state index contributed by atoms with van der Waals surface area (Å²) in [6.45, 7) is 6.47. The first-order valence-corrected chi connectivity index (χ1v) is 10.4. The van der Waals surface area contributed by atoms with Crippen LogP contribution in [0, 0.1) is 5.92 Å². The quantitative estimate of drug-likeness (QED) is 0.181. The summed E-state index contributed by atoms with van der Waals surface area (Å²) in [5.41, 5.74) is 0. The molecule has 24 heavy (non-hydrogen) atoms. The van der Waals surface area contributed by atoms with E-state index in [2.05, 4.69) is 20.8 Å². The van der Waals surface area contributed by atoms with Crippen molar-refractivity contribution in [3.05, 3.63) is 0 Å². The molecule has 0 fully saturated rings. The fourth-order valence-electron chi connectivity index (χ4n) is 3.02. The van der Waals surface area contributed by atoms with Gasteiger partial charge in [-0.15, -0.1) is 0 Å². The molecule has 0 amide bonds. The molecule has 0 bridgehead atoms. The van der Waals surface area contributed by atoms with Gasteiger partial charge >= 0.3 is 11.9 Å². The Kier molecular flexibility index (Phi) is 16.4. The highest BCUT2D eigenvalue weighted by Crippen LogP contribution is 2.19. The van der Waals surface area contributed by atoms with E-state index in [-0.39, 0.29) is 17.9 Å². The number of carbonyl (C=O) groups excluding carboxylic acids is 2. The molecular weight excluding hydrogens is 300 g/mol. The molecule has 0 aliphatic carbocycles. The number of rotatable bonds is 16. The lowest BCUT2D eigenvalue weighted by Crippen LogP contribution is -2.21. The van der Waals surface area contributed by atoms with Gasteiger partial charge in [0.05, 0.1) is 5.92 Å². The molecule has 0 aromatic rings. The maximum atomic E-state index is 12.2. The van der Waals surface area contributed by atoms with Crippen LogP contribution in [0.4, 0.5) is 0 Å². The van der Waals surface area contributed by atoms with Gasteiger partial charge in [-0.1, -0.05) is 91.4 Å². The van der Waals surface area contributed by atoms with Crippen molar-refractivity contribution in [3.8, 4) is 0 Å². The minimum atomic E-state index is -0.331. The van der Waals surface area contributed by atoms with Crippen LogP contribution in [0.15, 0.2) is 0 Å². The van der Waals surface area contributed by atoms with Crippen molar-refractivity contribution in [3.63, 3.8) is 0 Å². The fraction of sp³-hybridized carbons (Fsp3) is 0.905. The summed E-state index contributed by atoms with van der Waals surface area (Å²) >= 11 is 0. The van der Waals surface area contributed by atoms with Crippen molar-refractivity contribution in [2.24, 2.45) is 5.92 Å². The minimum absolute atomic E-state index is 0.0925. The number of carbonyl (C=O) groups is 2. The zero-order valence-corrected chi connectivity index (χ0v) is 16.4. The Morgan fingerprint density at radius 3 is 1.79 bits per heavy atom. The predicted octanol–water partition coefficient (Wildman–Crippen LogP) is 6.58. The van der Waals surface area contributed by atoms with Gasteiger partial charge in [0.15, 0.2) is 0 Å². The van der Waals surface area contributed by atoms with Crippen molar-refractivity contribution in [1.29, 1.82) is 0 Å². The van der Waals surface area contributed by atoms with Gasteiger partial charge < -0.3 is 4.74 Å². The number of esters is 2. The van der Waals surface area contributed by atoms with Crippen LogP contribution in [-0.2, 0) is 14.3 Å². The van der Waals surface area contributed by atoms with E-state index >= 15 is 0 Å². The Morgan fingerprint density at radius 2 is 1.21 bits per heavy atom. The van der Waals surface area contributed by atoms with Gasteiger partial charge in [-0.3, -0.25) is 9.59 Å². The molecular formula is C21H40O3. The molecule has 3 heteroatoms. The van der Waals surface area contributed by atoms with E-state index in [0.717, 1.165) is 38.5 Å². The first-order chi connectivity index (χ1) is 11.7. The molecule has 142 valence electrons. The summed E-state index contributed by atoms with van der Waals surface area (Å²) in [5, 5.41) is 0. The van der Waals surface area contributed by atoms with Gasteiger partial charge in [0.1, 0.15) is 0 Å². The Bertz CT molecular complexity index is 312. The molecule has 0 radical (unpaired) electrons. The monoisotopic (exact) mass is 340 g/mol. The minimum Gasteiger partial charge on any atom is -0.393 e. The maximum Gasteiger partial charge on any atom is 0.316 e. The van der Waals surface area contributed by atoms with Crippen LogP contribution in [0.5, 0.6) is 0 Å². The second kappa shape index (κ2) is 17.0. The van der Waals surface area contributed by atoms with Crippen LogP contribution in [0.2, 0.25) is 0 Å². The molecule has 0 rings (SSSR count). The summed E-state index contributed by atoms with van der Waals surface area (Å²) in [5.74, 6) is -0.712. The predicted molar refractivity (Wildman–Crippen MR) is 101 cm³/mol. The summed E-state index contributed by atoms with van der Waals surface area (Å²) < 4.78 is 5.09. The first kappa shape index (κ1) is 23.1. The summed E-state index contributed by atoms with van der Waals surface area (Å²) in [7, 11) is 0. The molecule has 0 N–H and O–H groups in total. The van der Waals surface area contributed by atoms with Crippen molar-refractivity contribution in [2.75, 3.05) is 0 Å². The van der Waals surface area contributed by atoms with Crippen LogP contribution in [-0.4, -0.2) is 11.9 Å². The van der Waals surface area contributed by atoms with Crippen LogP contribution in [0.3, 0.4) is 0 Å². The molecule has 1 unspecified atom stereocenters. The molecule has 3 nitrogen and oxygen atoms in total. The van der Waals surface area contributed by atoms with Gasteiger partial charge in [-0.25, -0.2) is 0 Å². The zero-order valence-electron chi connectivity index (χ0n) is 16.4. The molecule has 1 atom stereocenters. The lowest BCUT2D eigenvalue weighted by atomic mass is 9.96. The van der Waals surface area contributed by atoms with E-state index in [1.54, 1.807) is 0 Å². The molecule has 0 saturated heterocycles. The average molecular weight is 341 g/mol. The average Bonchev–Trinajstić information content (AvgIpc) is 2.56. The third-order valence-corrected chi connectivity index (χ3v) is 4.58. The Hall–Kier alpha value is -0.860. The molecule has 0 spiro atoms. The zero-order chi connectivity index (χ0) is 18.0. The number of ether oxygens (including phenoxy) is 1. The largest absolute Gasteiger partial charge is 0.393 e. The van der Waals surface area contributed by atoms with E-state index in [4.69, 9.17) is 4.74 Å². The van der Waals surface area contributed by atoms with Crippen molar-refractivity contribution in [1.82, 2.24) is 0 Å². The summed E-state index contributed by atoms with van der Waals surface area (Å²) in [6.07, 6.45) is 15.8. The Labute approximate surface area is 149 Å². The van der Waals surface area contributed by atoms with Gasteiger partial charge in [0.2, 0.25) is 0 Å². The lowest BCUT2D eigenvalue weighted by Gasteiger charge is -2.14. The normalized spacial score (nSPS) is 12.1. The van der Waals surface area contributed by atoms with E-state index in [9.17, 15) is 9.59 Å². The van der Waals surface area contributed by atoms with Crippen molar-refractivity contribution >= 4 is 11.9 Å². The third kappa shape index (κ3) is 13.6. The standard InChI is InChI=1S/C21H40O3/c1-4-7-9-11-13-15-18-20(22)24-21(23)19(16-6-3)17-14-12-10-8-5-2/h19H,4-18H2,1-3H3. The van der Waals surface area contributed by atoms with Crippen LogP contribution in [0.1, 0.15) is 117 Å². The molecule has 0 aromatic carbocycles. The van der Waals surface area contributed by atoms with Gasteiger partial charge in [-0.05, 0) is 19.3 Å². The Morgan fingerprint density at radius 1 is 0.667 bits per heavy atom. The topological polar surface area (TPSA) is 43.4 Å². The third-order valence-electron chi connectivity index (χ3n) is 4.58. The van der Waals surface area contributed by atoms with E-state index < -0.39 is 0 Å².